The lowest BCUT2D eigenvalue weighted by Crippen LogP contribution is -2.42. The molecule has 35 heavy (non-hydrogen) atoms. The molecule has 0 saturated carbocycles. The monoisotopic (exact) mass is 562 g/mol. The lowest BCUT2D eigenvalue weighted by molar-refractivity contribution is -0.182. The van der Waals surface area contributed by atoms with Crippen molar-refractivity contribution in [2.24, 2.45) is 0 Å². The Morgan fingerprint density at radius 2 is 1.89 bits per heavy atom. The number of aromatic nitrogens is 3. The number of sulfonamides is 1. The number of hydrogen-bond donors (Lipinski definition) is 0. The number of hydrogen-bond acceptors (Lipinski definition) is 7. The Balaban J connectivity index is 1.39. The summed E-state index contributed by atoms with van der Waals surface area (Å²) in [7, 11) is -3.85. The zero-order chi connectivity index (χ0) is 24.3. The molecule has 0 aliphatic carbocycles. The van der Waals surface area contributed by atoms with Crippen molar-refractivity contribution in [3.8, 4) is 5.75 Å². The predicted molar refractivity (Wildman–Crippen MR) is 131 cm³/mol. The number of rotatable bonds is 7. The lowest BCUT2D eigenvalue weighted by atomic mass is 10.1. The summed E-state index contributed by atoms with van der Waals surface area (Å²) in [5, 5.41) is 8.46. The van der Waals surface area contributed by atoms with E-state index in [1.165, 1.54) is 4.31 Å². The van der Waals surface area contributed by atoms with E-state index in [2.05, 4.69) is 26.2 Å². The smallest absolute Gasteiger partial charge is 0.247 e. The first-order chi connectivity index (χ1) is 17.0. The highest BCUT2D eigenvalue weighted by atomic mass is 79.9. The SMILES string of the molecule is O=S1(=O)c2ccc(Br)cc2OC[C@@H](Cc2ccccc2)N1Cc1cn(CCC2OCCCO2)nn1. The van der Waals surface area contributed by atoms with Gasteiger partial charge in [0.05, 0.1) is 31.5 Å². The van der Waals surface area contributed by atoms with Crippen LogP contribution in [0.4, 0.5) is 0 Å². The van der Waals surface area contributed by atoms with Crippen LogP contribution in [-0.4, -0.2) is 59.9 Å². The van der Waals surface area contributed by atoms with Gasteiger partial charge in [-0.3, -0.25) is 4.68 Å². The van der Waals surface area contributed by atoms with E-state index < -0.39 is 16.1 Å². The van der Waals surface area contributed by atoms with Crippen molar-refractivity contribution in [1.82, 2.24) is 19.3 Å². The molecule has 2 aliphatic rings. The van der Waals surface area contributed by atoms with E-state index in [0.29, 0.717) is 44.0 Å². The Morgan fingerprint density at radius 3 is 2.69 bits per heavy atom. The third kappa shape index (κ3) is 5.75. The Kier molecular flexibility index (Phi) is 7.49. The molecule has 0 radical (unpaired) electrons. The van der Waals surface area contributed by atoms with Gasteiger partial charge >= 0.3 is 0 Å². The first kappa shape index (κ1) is 24.4. The maximum Gasteiger partial charge on any atom is 0.247 e. The molecule has 3 heterocycles. The van der Waals surface area contributed by atoms with Gasteiger partial charge in [0.15, 0.2) is 6.29 Å². The van der Waals surface area contributed by atoms with Gasteiger partial charge in [0.1, 0.15) is 17.3 Å². The quantitative estimate of drug-likeness (QED) is 0.435. The number of benzene rings is 2. The first-order valence-electron chi connectivity index (χ1n) is 11.6. The largest absolute Gasteiger partial charge is 0.490 e. The summed E-state index contributed by atoms with van der Waals surface area (Å²) >= 11 is 3.41. The fourth-order valence-electron chi connectivity index (χ4n) is 4.28. The van der Waals surface area contributed by atoms with Gasteiger partial charge in [-0.2, -0.15) is 4.31 Å². The molecule has 3 aromatic rings. The maximum absolute atomic E-state index is 13.8. The fraction of sp³-hybridized carbons (Fsp3) is 0.417. The van der Waals surface area contributed by atoms with Crippen molar-refractivity contribution < 1.29 is 22.6 Å². The van der Waals surface area contributed by atoms with E-state index in [1.54, 1.807) is 29.1 Å². The second-order valence-electron chi connectivity index (χ2n) is 8.58. The highest BCUT2D eigenvalue weighted by molar-refractivity contribution is 9.10. The van der Waals surface area contributed by atoms with Crippen molar-refractivity contribution in [1.29, 1.82) is 0 Å². The van der Waals surface area contributed by atoms with Gasteiger partial charge in [-0.1, -0.05) is 51.5 Å². The molecule has 0 bridgehead atoms. The van der Waals surface area contributed by atoms with Gasteiger partial charge in [0, 0.05) is 23.6 Å². The molecule has 1 atom stereocenters. The van der Waals surface area contributed by atoms with Crippen molar-refractivity contribution in [3.63, 3.8) is 0 Å². The van der Waals surface area contributed by atoms with Crippen LogP contribution in [0.15, 0.2) is 64.1 Å². The predicted octanol–water partition coefficient (Wildman–Crippen LogP) is 3.39. The molecular weight excluding hydrogens is 536 g/mol. The molecule has 11 heteroatoms. The molecule has 0 spiro atoms. The summed E-state index contributed by atoms with van der Waals surface area (Å²) in [6.45, 7) is 2.28. The molecule has 9 nitrogen and oxygen atoms in total. The van der Waals surface area contributed by atoms with Crippen molar-refractivity contribution in [2.45, 2.75) is 49.6 Å². The molecule has 5 rings (SSSR count). The van der Waals surface area contributed by atoms with Gasteiger partial charge in [0.25, 0.3) is 0 Å². The van der Waals surface area contributed by atoms with Crippen LogP contribution in [0.3, 0.4) is 0 Å². The van der Waals surface area contributed by atoms with Gasteiger partial charge in [-0.15, -0.1) is 5.10 Å². The van der Waals surface area contributed by atoms with E-state index in [4.69, 9.17) is 14.2 Å². The Hall–Kier alpha value is -2.31. The summed E-state index contributed by atoms with van der Waals surface area (Å²) in [6.07, 6.45) is 3.61. The first-order valence-corrected chi connectivity index (χ1v) is 13.8. The van der Waals surface area contributed by atoms with Crippen molar-refractivity contribution in [2.75, 3.05) is 19.8 Å². The summed E-state index contributed by atoms with van der Waals surface area (Å²) in [5.41, 5.74) is 1.60. The number of aryl methyl sites for hydroxylation is 1. The third-order valence-electron chi connectivity index (χ3n) is 6.04. The minimum atomic E-state index is -3.85. The maximum atomic E-state index is 13.8. The average Bonchev–Trinajstić information content (AvgIpc) is 3.29. The van der Waals surface area contributed by atoms with Crippen molar-refractivity contribution >= 4 is 26.0 Å². The number of fused-ring (bicyclic) bond motifs is 1. The van der Waals surface area contributed by atoms with Crippen LogP contribution in [0.2, 0.25) is 0 Å². The van der Waals surface area contributed by atoms with E-state index in [1.807, 2.05) is 30.3 Å². The molecule has 186 valence electrons. The van der Waals surface area contributed by atoms with Gasteiger partial charge < -0.3 is 14.2 Å². The van der Waals surface area contributed by atoms with Crippen LogP contribution < -0.4 is 4.74 Å². The number of halogens is 1. The standard InChI is InChI=1S/C24H27BrN4O5S/c25-19-7-8-23-22(14-19)34-17-21(13-18-5-2-1-3-6-18)29(35(23,30)31)16-20-15-28(27-26-20)10-9-24-32-11-4-12-33-24/h1-3,5-8,14-15,21,24H,4,9-13,16-17H2/t21-/m1/s1. The van der Waals surface area contributed by atoms with Crippen molar-refractivity contribution in [3.05, 3.63) is 70.5 Å². The van der Waals surface area contributed by atoms with Crippen LogP contribution in [0, 0.1) is 0 Å². The summed E-state index contributed by atoms with van der Waals surface area (Å²) < 4.78 is 48.8. The molecular formula is C24H27BrN4O5S. The van der Waals surface area contributed by atoms with Crippen LogP contribution >= 0.6 is 15.9 Å². The van der Waals surface area contributed by atoms with E-state index in [0.717, 1.165) is 16.5 Å². The van der Waals surface area contributed by atoms with Crippen LogP contribution in [0.1, 0.15) is 24.1 Å². The Labute approximate surface area is 213 Å². The molecule has 1 aromatic heterocycles. The molecule has 0 unspecified atom stereocenters. The lowest BCUT2D eigenvalue weighted by Gasteiger charge is -2.27. The Morgan fingerprint density at radius 1 is 1.09 bits per heavy atom. The normalized spacial score (nSPS) is 20.7. The highest BCUT2D eigenvalue weighted by Gasteiger charge is 2.38. The van der Waals surface area contributed by atoms with Gasteiger partial charge in [0.2, 0.25) is 10.0 Å². The molecule has 2 aliphatic heterocycles. The molecule has 2 aromatic carbocycles. The van der Waals surface area contributed by atoms with E-state index >= 15 is 0 Å². The van der Waals surface area contributed by atoms with Gasteiger partial charge in [-0.05, 0) is 36.6 Å². The fourth-order valence-corrected chi connectivity index (χ4v) is 6.32. The van der Waals surface area contributed by atoms with Crippen LogP contribution in [-0.2, 0) is 39.0 Å². The topological polar surface area (TPSA) is 95.8 Å². The number of ether oxygens (including phenoxy) is 3. The summed E-state index contributed by atoms with van der Waals surface area (Å²) in [4.78, 5) is 0.148. The van der Waals surface area contributed by atoms with Crippen LogP contribution in [0.25, 0.3) is 0 Å². The van der Waals surface area contributed by atoms with Crippen LogP contribution in [0.5, 0.6) is 5.75 Å². The zero-order valence-electron chi connectivity index (χ0n) is 19.1. The molecule has 0 amide bonds. The Bertz CT molecular complexity index is 1250. The number of nitrogens with zero attached hydrogens (tertiary/aromatic N) is 4. The minimum Gasteiger partial charge on any atom is -0.490 e. The minimum absolute atomic E-state index is 0.0924. The second-order valence-corrected chi connectivity index (χ2v) is 11.4. The molecule has 1 saturated heterocycles. The average molecular weight is 563 g/mol. The van der Waals surface area contributed by atoms with E-state index in [9.17, 15) is 8.42 Å². The summed E-state index contributed by atoms with van der Waals surface area (Å²) in [5.74, 6) is 0.344. The molecule has 0 N–H and O–H groups in total. The highest BCUT2D eigenvalue weighted by Crippen LogP contribution is 2.35. The van der Waals surface area contributed by atoms with Gasteiger partial charge in [-0.25, -0.2) is 8.42 Å². The second kappa shape index (κ2) is 10.8. The zero-order valence-corrected chi connectivity index (χ0v) is 21.5. The summed E-state index contributed by atoms with van der Waals surface area (Å²) in [6, 6.07) is 14.4. The van der Waals surface area contributed by atoms with E-state index in [-0.39, 0.29) is 24.3 Å². The molecule has 1 fully saturated rings. The third-order valence-corrected chi connectivity index (χ3v) is 8.47.